The van der Waals surface area contributed by atoms with Crippen molar-refractivity contribution in [3.05, 3.63) is 0 Å². The van der Waals surface area contributed by atoms with E-state index in [2.05, 4.69) is 12.2 Å². The fourth-order valence-corrected chi connectivity index (χ4v) is 2.47. The van der Waals surface area contributed by atoms with Gasteiger partial charge in [-0.05, 0) is 31.7 Å². The number of nitrogens with one attached hydrogen (secondary N) is 1. The molecular formula is C14H25N3O2. The quantitative estimate of drug-likeness (QED) is 0.682. The lowest BCUT2D eigenvalue weighted by Crippen LogP contribution is -2.55. The first-order chi connectivity index (χ1) is 9.11. The minimum absolute atomic E-state index is 0.321. The van der Waals surface area contributed by atoms with Gasteiger partial charge in [0.1, 0.15) is 0 Å². The molecule has 2 fully saturated rings. The van der Waals surface area contributed by atoms with Gasteiger partial charge in [-0.25, -0.2) is 0 Å². The molecule has 1 aliphatic carbocycles. The molecule has 0 spiro atoms. The second-order valence-electron chi connectivity index (χ2n) is 5.83. The molecule has 1 aliphatic heterocycles. The van der Waals surface area contributed by atoms with Crippen LogP contribution in [0.15, 0.2) is 0 Å². The van der Waals surface area contributed by atoms with Crippen LogP contribution in [0.4, 0.5) is 0 Å². The molecule has 1 heterocycles. The van der Waals surface area contributed by atoms with Gasteiger partial charge in [-0.2, -0.15) is 0 Å². The van der Waals surface area contributed by atoms with E-state index >= 15 is 0 Å². The van der Waals surface area contributed by atoms with Gasteiger partial charge in [0.2, 0.25) is 0 Å². The molecule has 0 aromatic rings. The smallest absolute Gasteiger partial charge is 0.312 e. The molecule has 5 nitrogen and oxygen atoms in total. The molecule has 2 amide bonds. The maximum absolute atomic E-state index is 12.0. The average Bonchev–Trinajstić information content (AvgIpc) is 3.20. The number of nitrogens with zero attached hydrogens (tertiary/aromatic N) is 2. The summed E-state index contributed by atoms with van der Waals surface area (Å²) in [7, 11) is 0. The Bertz CT molecular complexity index is 342. The highest BCUT2D eigenvalue weighted by Gasteiger charge is 2.32. The first-order valence-corrected chi connectivity index (χ1v) is 7.43. The molecule has 0 aromatic carbocycles. The Balaban J connectivity index is 1.77. The van der Waals surface area contributed by atoms with Crippen LogP contribution in [0.3, 0.4) is 0 Å². The number of hydrogen-bond acceptors (Lipinski definition) is 3. The molecule has 1 saturated heterocycles. The van der Waals surface area contributed by atoms with Gasteiger partial charge >= 0.3 is 11.8 Å². The number of carbonyl (C=O) groups excluding carboxylic acids is 2. The Morgan fingerprint density at radius 2 is 1.84 bits per heavy atom. The van der Waals surface area contributed by atoms with Crippen molar-refractivity contribution in [2.75, 3.05) is 32.7 Å². The van der Waals surface area contributed by atoms with E-state index in [0.29, 0.717) is 38.1 Å². The number of carbonyl (C=O) groups is 2. The Morgan fingerprint density at radius 3 is 2.47 bits per heavy atom. The zero-order chi connectivity index (χ0) is 13.8. The SMILES string of the molecule is CCCN1CCN(CC(C)CNC2CC2)C(=O)C1=O. The summed E-state index contributed by atoms with van der Waals surface area (Å²) < 4.78 is 0. The molecule has 1 atom stereocenters. The van der Waals surface area contributed by atoms with Crippen molar-refractivity contribution in [2.24, 2.45) is 5.92 Å². The summed E-state index contributed by atoms with van der Waals surface area (Å²) in [6, 6.07) is 0.696. The fraction of sp³-hybridized carbons (Fsp3) is 0.857. The highest BCUT2D eigenvalue weighted by molar-refractivity contribution is 6.35. The molecule has 0 bridgehead atoms. The van der Waals surface area contributed by atoms with Gasteiger partial charge in [0.15, 0.2) is 0 Å². The van der Waals surface area contributed by atoms with Gasteiger partial charge in [-0.1, -0.05) is 13.8 Å². The lowest BCUT2D eigenvalue weighted by atomic mass is 10.1. The van der Waals surface area contributed by atoms with Crippen molar-refractivity contribution in [3.8, 4) is 0 Å². The number of piperazine rings is 1. The summed E-state index contributed by atoms with van der Waals surface area (Å²) in [4.78, 5) is 27.3. The third-order valence-corrected chi connectivity index (χ3v) is 3.76. The molecule has 2 aliphatic rings. The van der Waals surface area contributed by atoms with Crippen LogP contribution in [-0.4, -0.2) is 60.4 Å². The van der Waals surface area contributed by atoms with Crippen LogP contribution in [0.25, 0.3) is 0 Å². The summed E-state index contributed by atoms with van der Waals surface area (Å²) in [5.74, 6) is -0.247. The van der Waals surface area contributed by atoms with Crippen LogP contribution in [0.5, 0.6) is 0 Å². The molecular weight excluding hydrogens is 242 g/mol. The van der Waals surface area contributed by atoms with Crippen LogP contribution in [0.1, 0.15) is 33.1 Å². The van der Waals surface area contributed by atoms with E-state index in [0.717, 1.165) is 13.0 Å². The van der Waals surface area contributed by atoms with E-state index < -0.39 is 0 Å². The van der Waals surface area contributed by atoms with E-state index in [9.17, 15) is 9.59 Å². The van der Waals surface area contributed by atoms with Crippen molar-refractivity contribution in [1.29, 1.82) is 0 Å². The summed E-state index contributed by atoms with van der Waals surface area (Å²) in [5, 5.41) is 3.47. The molecule has 108 valence electrons. The Kier molecular flexibility index (Phi) is 4.80. The normalized spacial score (nSPS) is 22.0. The largest absolute Gasteiger partial charge is 0.333 e. The zero-order valence-electron chi connectivity index (χ0n) is 12.0. The monoisotopic (exact) mass is 267 g/mol. The zero-order valence-corrected chi connectivity index (χ0v) is 12.0. The number of hydrogen-bond donors (Lipinski definition) is 1. The third kappa shape index (κ3) is 3.93. The summed E-state index contributed by atoms with van der Waals surface area (Å²) in [5.41, 5.74) is 0. The first kappa shape index (κ1) is 14.3. The van der Waals surface area contributed by atoms with Gasteiger partial charge in [0, 0.05) is 32.2 Å². The topological polar surface area (TPSA) is 52.6 Å². The highest BCUT2D eigenvalue weighted by atomic mass is 16.2. The van der Waals surface area contributed by atoms with Gasteiger partial charge in [-0.15, -0.1) is 0 Å². The Morgan fingerprint density at radius 1 is 1.21 bits per heavy atom. The molecule has 19 heavy (non-hydrogen) atoms. The van der Waals surface area contributed by atoms with Crippen molar-refractivity contribution in [3.63, 3.8) is 0 Å². The molecule has 0 aromatic heterocycles. The minimum Gasteiger partial charge on any atom is -0.333 e. The standard InChI is InChI=1S/C14H25N3O2/c1-3-6-16-7-8-17(14(19)13(16)18)10-11(2)9-15-12-4-5-12/h11-12,15H,3-10H2,1-2H3. The molecule has 2 rings (SSSR count). The van der Waals surface area contributed by atoms with Gasteiger partial charge in [0.25, 0.3) is 0 Å². The number of amides is 2. The van der Waals surface area contributed by atoms with Crippen molar-refractivity contribution in [2.45, 2.75) is 39.2 Å². The van der Waals surface area contributed by atoms with Crippen LogP contribution in [-0.2, 0) is 9.59 Å². The lowest BCUT2D eigenvalue weighted by Gasteiger charge is -2.35. The van der Waals surface area contributed by atoms with Crippen molar-refractivity contribution < 1.29 is 9.59 Å². The minimum atomic E-state index is -0.324. The maximum atomic E-state index is 12.0. The molecule has 0 radical (unpaired) electrons. The first-order valence-electron chi connectivity index (χ1n) is 7.43. The summed E-state index contributed by atoms with van der Waals surface area (Å²) in [6.07, 6.45) is 3.46. The van der Waals surface area contributed by atoms with Crippen LogP contribution in [0.2, 0.25) is 0 Å². The van der Waals surface area contributed by atoms with E-state index in [1.807, 2.05) is 6.92 Å². The predicted octanol–water partition coefficient (Wildman–Crippen LogP) is 0.455. The van der Waals surface area contributed by atoms with Gasteiger partial charge in [-0.3, -0.25) is 9.59 Å². The van der Waals surface area contributed by atoms with Gasteiger partial charge in [0.05, 0.1) is 0 Å². The van der Waals surface area contributed by atoms with E-state index in [1.165, 1.54) is 12.8 Å². The second kappa shape index (κ2) is 6.37. The fourth-order valence-electron chi connectivity index (χ4n) is 2.47. The molecule has 1 saturated carbocycles. The van der Waals surface area contributed by atoms with Gasteiger partial charge < -0.3 is 15.1 Å². The summed E-state index contributed by atoms with van der Waals surface area (Å²) in [6.45, 7) is 7.82. The van der Waals surface area contributed by atoms with Crippen molar-refractivity contribution >= 4 is 11.8 Å². The van der Waals surface area contributed by atoms with E-state index in [-0.39, 0.29) is 11.8 Å². The second-order valence-corrected chi connectivity index (χ2v) is 5.83. The van der Waals surface area contributed by atoms with E-state index in [1.54, 1.807) is 9.80 Å². The Hall–Kier alpha value is -1.10. The molecule has 1 N–H and O–H groups in total. The lowest BCUT2D eigenvalue weighted by molar-refractivity contribution is -0.156. The van der Waals surface area contributed by atoms with Crippen LogP contribution in [0, 0.1) is 5.92 Å². The van der Waals surface area contributed by atoms with Crippen molar-refractivity contribution in [1.82, 2.24) is 15.1 Å². The molecule has 1 unspecified atom stereocenters. The Labute approximate surface area is 115 Å². The average molecular weight is 267 g/mol. The summed E-state index contributed by atoms with van der Waals surface area (Å²) >= 11 is 0. The number of rotatable bonds is 7. The molecule has 5 heteroatoms. The third-order valence-electron chi connectivity index (χ3n) is 3.76. The highest BCUT2D eigenvalue weighted by Crippen LogP contribution is 2.19. The predicted molar refractivity (Wildman–Crippen MR) is 73.6 cm³/mol. The van der Waals surface area contributed by atoms with Crippen LogP contribution < -0.4 is 5.32 Å². The van der Waals surface area contributed by atoms with Crippen LogP contribution >= 0.6 is 0 Å². The van der Waals surface area contributed by atoms with E-state index in [4.69, 9.17) is 0 Å². The maximum Gasteiger partial charge on any atom is 0.312 e.